The van der Waals surface area contributed by atoms with Crippen molar-refractivity contribution in [1.82, 2.24) is 5.32 Å². The van der Waals surface area contributed by atoms with Gasteiger partial charge in [0, 0.05) is 0 Å². The molecule has 0 aliphatic carbocycles. The highest BCUT2D eigenvalue weighted by atomic mass is 19.3. The first kappa shape index (κ1) is 19.8. The fourth-order valence-corrected chi connectivity index (χ4v) is 1.66. The Kier molecular flexibility index (Phi) is 9.36. The van der Waals surface area contributed by atoms with E-state index in [1.165, 1.54) is 0 Å². The number of halogens is 2. The van der Waals surface area contributed by atoms with Crippen LogP contribution in [-0.2, 0) is 25.6 Å². The van der Waals surface area contributed by atoms with E-state index in [0.29, 0.717) is 6.42 Å². The summed E-state index contributed by atoms with van der Waals surface area (Å²) in [7, 11) is 0. The molecule has 6 nitrogen and oxygen atoms in total. The molecule has 0 aliphatic rings. The van der Waals surface area contributed by atoms with Crippen LogP contribution in [0, 0.1) is 0 Å². The Hall–Kier alpha value is -2.22. The molecule has 0 saturated heterocycles. The lowest BCUT2D eigenvalue weighted by Gasteiger charge is -2.17. The zero-order valence-corrected chi connectivity index (χ0v) is 13.4. The Bertz CT molecular complexity index is 499. The van der Waals surface area contributed by atoms with Crippen molar-refractivity contribution in [2.45, 2.75) is 39.0 Å². The number of esters is 1. The fraction of sp³-hybridized carbons (Fsp3) is 0.500. The average molecular weight is 345 g/mol. The van der Waals surface area contributed by atoms with Crippen LogP contribution >= 0.6 is 0 Å². The molecule has 0 radical (unpaired) electrons. The highest BCUT2D eigenvalue weighted by Crippen LogP contribution is 2.04. The molecule has 0 aliphatic heterocycles. The summed E-state index contributed by atoms with van der Waals surface area (Å²) in [6, 6.07) is 7.44. The number of carbonyl (C=O) groups excluding carboxylic acids is 2. The van der Waals surface area contributed by atoms with E-state index in [1.807, 2.05) is 6.92 Å². The van der Waals surface area contributed by atoms with E-state index < -0.39 is 31.3 Å². The van der Waals surface area contributed by atoms with E-state index >= 15 is 0 Å². The molecule has 1 amide bonds. The quantitative estimate of drug-likeness (QED) is 0.521. The van der Waals surface area contributed by atoms with Crippen LogP contribution in [0.1, 0.15) is 25.3 Å². The van der Waals surface area contributed by atoms with Crippen molar-refractivity contribution < 1.29 is 32.6 Å². The van der Waals surface area contributed by atoms with E-state index in [2.05, 4.69) is 10.1 Å². The van der Waals surface area contributed by atoms with E-state index in [-0.39, 0.29) is 13.2 Å². The summed E-state index contributed by atoms with van der Waals surface area (Å²) in [6.45, 7) is -1.73. The number of nitrogens with one attached hydrogen (secondary N) is 1. The molecule has 0 spiro atoms. The molecule has 1 unspecified atom stereocenters. The van der Waals surface area contributed by atoms with Crippen LogP contribution < -0.4 is 5.32 Å². The Balaban J connectivity index is 2.52. The van der Waals surface area contributed by atoms with Crippen LogP contribution in [0.25, 0.3) is 0 Å². The molecule has 1 atom stereocenters. The van der Waals surface area contributed by atoms with Crippen molar-refractivity contribution >= 4 is 12.1 Å². The number of rotatable bonds is 10. The van der Waals surface area contributed by atoms with Gasteiger partial charge < -0.3 is 19.5 Å². The Morgan fingerprint density at radius 3 is 2.50 bits per heavy atom. The number of benzene rings is 1. The summed E-state index contributed by atoms with van der Waals surface area (Å²) in [5, 5.41) is 2.17. The van der Waals surface area contributed by atoms with Gasteiger partial charge in [0.15, 0.2) is 6.04 Å². The molecule has 1 aromatic rings. The average Bonchev–Trinajstić information content (AvgIpc) is 2.57. The minimum Gasteiger partial charge on any atom is -0.459 e. The van der Waals surface area contributed by atoms with Crippen molar-refractivity contribution in [1.29, 1.82) is 0 Å². The normalized spacial score (nSPS) is 11.8. The van der Waals surface area contributed by atoms with Gasteiger partial charge in [-0.05, 0) is 12.0 Å². The van der Waals surface area contributed by atoms with Gasteiger partial charge in [-0.2, -0.15) is 8.78 Å². The Morgan fingerprint density at radius 1 is 1.17 bits per heavy atom. The fourth-order valence-electron chi connectivity index (χ4n) is 1.66. The standard InChI is InChI=1S/C16H21F2NO5/c1-2-3-9-22-16(21)19-13(11-24-15(17)18)14(20)23-10-12-7-5-4-6-8-12/h4-8,13,15H,2-3,9-11H2,1H3,(H,19,21). The second-order valence-corrected chi connectivity index (χ2v) is 4.87. The molecular weight excluding hydrogens is 324 g/mol. The molecule has 0 fully saturated rings. The molecule has 0 heterocycles. The Morgan fingerprint density at radius 2 is 1.88 bits per heavy atom. The first-order valence-corrected chi connectivity index (χ1v) is 7.56. The van der Waals surface area contributed by atoms with Crippen molar-refractivity contribution in [2.75, 3.05) is 13.2 Å². The van der Waals surface area contributed by atoms with E-state index in [1.54, 1.807) is 30.3 Å². The smallest absolute Gasteiger partial charge is 0.407 e. The maximum Gasteiger partial charge on any atom is 0.407 e. The van der Waals surface area contributed by atoms with Crippen LogP contribution in [0.3, 0.4) is 0 Å². The first-order valence-electron chi connectivity index (χ1n) is 7.56. The Labute approximate surface area is 139 Å². The van der Waals surface area contributed by atoms with Crippen molar-refractivity contribution in [3.05, 3.63) is 35.9 Å². The number of carbonyl (C=O) groups is 2. The van der Waals surface area contributed by atoms with Crippen LogP contribution in [0.15, 0.2) is 30.3 Å². The number of hydrogen-bond donors (Lipinski definition) is 1. The summed E-state index contributed by atoms with van der Waals surface area (Å²) >= 11 is 0. The van der Waals surface area contributed by atoms with Gasteiger partial charge >= 0.3 is 18.7 Å². The summed E-state index contributed by atoms with van der Waals surface area (Å²) < 4.78 is 38.3. The zero-order chi connectivity index (χ0) is 17.8. The van der Waals surface area contributed by atoms with Gasteiger partial charge in [0.1, 0.15) is 6.61 Å². The highest BCUT2D eigenvalue weighted by Gasteiger charge is 2.25. The largest absolute Gasteiger partial charge is 0.459 e. The summed E-state index contributed by atoms with van der Waals surface area (Å²) in [5.74, 6) is -0.882. The molecule has 0 aromatic heterocycles. The van der Waals surface area contributed by atoms with Gasteiger partial charge in [-0.1, -0.05) is 43.7 Å². The molecule has 1 N–H and O–H groups in total. The minimum atomic E-state index is -3.06. The van der Waals surface area contributed by atoms with E-state index in [9.17, 15) is 18.4 Å². The third kappa shape index (κ3) is 8.42. The molecular formula is C16H21F2NO5. The molecule has 1 rings (SSSR count). The van der Waals surface area contributed by atoms with Gasteiger partial charge in [0.25, 0.3) is 0 Å². The number of ether oxygens (including phenoxy) is 3. The lowest BCUT2D eigenvalue weighted by molar-refractivity contribution is -0.159. The van der Waals surface area contributed by atoms with Gasteiger partial charge in [-0.15, -0.1) is 0 Å². The minimum absolute atomic E-state index is 0.0442. The second-order valence-electron chi connectivity index (χ2n) is 4.87. The van der Waals surface area contributed by atoms with Crippen LogP contribution in [0.5, 0.6) is 0 Å². The third-order valence-corrected chi connectivity index (χ3v) is 2.92. The molecule has 8 heteroatoms. The molecule has 134 valence electrons. The second kappa shape index (κ2) is 11.3. The first-order chi connectivity index (χ1) is 11.5. The molecule has 24 heavy (non-hydrogen) atoms. The van der Waals surface area contributed by atoms with Crippen LogP contribution in [-0.4, -0.2) is 37.9 Å². The lowest BCUT2D eigenvalue weighted by atomic mass is 10.2. The van der Waals surface area contributed by atoms with Gasteiger partial charge in [-0.25, -0.2) is 9.59 Å². The SMILES string of the molecule is CCCCOC(=O)NC(COC(F)F)C(=O)OCc1ccccc1. The van der Waals surface area contributed by atoms with Crippen LogP contribution in [0.2, 0.25) is 0 Å². The number of unbranched alkanes of at least 4 members (excludes halogenated alkanes) is 1. The lowest BCUT2D eigenvalue weighted by Crippen LogP contribution is -2.45. The predicted octanol–water partition coefficient (Wildman–Crippen LogP) is 2.86. The maximum atomic E-state index is 12.2. The predicted molar refractivity (Wildman–Crippen MR) is 81.4 cm³/mol. The summed E-state index contributed by atoms with van der Waals surface area (Å²) in [4.78, 5) is 23.5. The molecule has 0 bridgehead atoms. The number of alkyl carbamates (subject to hydrolysis) is 1. The van der Waals surface area contributed by atoms with Gasteiger partial charge in [0.2, 0.25) is 0 Å². The monoisotopic (exact) mass is 345 g/mol. The summed E-state index contributed by atoms with van der Waals surface area (Å²) in [5.41, 5.74) is 0.727. The number of alkyl halides is 2. The van der Waals surface area contributed by atoms with E-state index in [0.717, 1.165) is 12.0 Å². The topological polar surface area (TPSA) is 73.9 Å². The third-order valence-electron chi connectivity index (χ3n) is 2.92. The van der Waals surface area contributed by atoms with Crippen molar-refractivity contribution in [3.8, 4) is 0 Å². The zero-order valence-electron chi connectivity index (χ0n) is 13.4. The van der Waals surface area contributed by atoms with Crippen LogP contribution in [0.4, 0.5) is 13.6 Å². The van der Waals surface area contributed by atoms with Crippen molar-refractivity contribution in [2.24, 2.45) is 0 Å². The molecule has 1 aromatic carbocycles. The van der Waals surface area contributed by atoms with E-state index in [4.69, 9.17) is 9.47 Å². The highest BCUT2D eigenvalue weighted by molar-refractivity contribution is 5.81. The maximum absolute atomic E-state index is 12.2. The van der Waals surface area contributed by atoms with Gasteiger partial charge in [-0.3, -0.25) is 0 Å². The van der Waals surface area contributed by atoms with Crippen molar-refractivity contribution in [3.63, 3.8) is 0 Å². The van der Waals surface area contributed by atoms with Gasteiger partial charge in [0.05, 0.1) is 13.2 Å². The summed E-state index contributed by atoms with van der Waals surface area (Å²) in [6.07, 6.45) is 0.594. The number of hydrogen-bond acceptors (Lipinski definition) is 5. The number of amides is 1. The molecule has 0 saturated carbocycles.